The number of hydrogen-bond donors (Lipinski definition) is 0. The summed E-state index contributed by atoms with van der Waals surface area (Å²) in [5, 5.41) is 0. The first kappa shape index (κ1) is 22.7. The van der Waals surface area contributed by atoms with E-state index < -0.39 is 9.84 Å². The molecule has 0 radical (unpaired) electrons. The molecule has 7 nitrogen and oxygen atoms in total. The highest BCUT2D eigenvalue weighted by Crippen LogP contribution is 2.32. The van der Waals surface area contributed by atoms with Gasteiger partial charge in [0.05, 0.1) is 10.7 Å². The average Bonchev–Trinajstić information content (AvgIpc) is 3.26. The lowest BCUT2D eigenvalue weighted by Gasteiger charge is -2.33. The SMILES string of the molecule is O=C(CCS(=O)(=O)C1=Cc2ccc(Br)cc2OC1)N1CCC(c2cnc3n2CCCC3)CC1. The molecule has 9 heteroatoms. The topological polar surface area (TPSA) is 81.5 Å². The van der Waals surface area contributed by atoms with Crippen LogP contribution in [-0.4, -0.2) is 54.2 Å². The summed E-state index contributed by atoms with van der Waals surface area (Å²) in [6, 6.07) is 5.49. The van der Waals surface area contributed by atoms with Gasteiger partial charge < -0.3 is 14.2 Å². The Balaban J connectivity index is 1.16. The number of sulfone groups is 1. The highest BCUT2D eigenvalue weighted by molar-refractivity contribution is 9.10. The first-order chi connectivity index (χ1) is 15.9. The molecule has 1 fully saturated rings. The predicted octanol–water partition coefficient (Wildman–Crippen LogP) is 3.93. The second-order valence-electron chi connectivity index (χ2n) is 9.01. The Labute approximate surface area is 202 Å². The lowest BCUT2D eigenvalue weighted by atomic mass is 9.93. The summed E-state index contributed by atoms with van der Waals surface area (Å²) in [7, 11) is -3.56. The van der Waals surface area contributed by atoms with Crippen molar-refractivity contribution >= 4 is 37.8 Å². The van der Waals surface area contributed by atoms with Crippen LogP contribution in [0.3, 0.4) is 0 Å². The molecule has 1 aromatic heterocycles. The first-order valence-electron chi connectivity index (χ1n) is 11.6. The van der Waals surface area contributed by atoms with Gasteiger partial charge in [-0.25, -0.2) is 13.4 Å². The Hall–Kier alpha value is -2.13. The molecule has 5 rings (SSSR count). The van der Waals surface area contributed by atoms with Gasteiger partial charge in [0.15, 0.2) is 9.84 Å². The number of hydrogen-bond acceptors (Lipinski definition) is 5. The highest BCUT2D eigenvalue weighted by atomic mass is 79.9. The molecule has 4 heterocycles. The zero-order valence-electron chi connectivity index (χ0n) is 18.5. The number of fused-ring (bicyclic) bond motifs is 2. The molecule has 1 saturated heterocycles. The van der Waals surface area contributed by atoms with Gasteiger partial charge in [0.25, 0.3) is 0 Å². The molecule has 1 amide bonds. The minimum Gasteiger partial charge on any atom is -0.488 e. The summed E-state index contributed by atoms with van der Waals surface area (Å²) in [4.78, 5) is 19.4. The van der Waals surface area contributed by atoms with Crippen molar-refractivity contribution in [3.63, 3.8) is 0 Å². The Morgan fingerprint density at radius 2 is 2.00 bits per heavy atom. The molecule has 0 N–H and O–H groups in total. The Morgan fingerprint density at radius 1 is 1.18 bits per heavy atom. The Bertz CT molecular complexity index is 1200. The molecule has 0 spiro atoms. The van der Waals surface area contributed by atoms with Crippen molar-refractivity contribution in [3.8, 4) is 5.75 Å². The summed E-state index contributed by atoms with van der Waals surface area (Å²) in [6.45, 7) is 2.38. The zero-order valence-corrected chi connectivity index (χ0v) is 20.9. The Kier molecular flexibility index (Phi) is 6.35. The second-order valence-corrected chi connectivity index (χ2v) is 12.1. The van der Waals surface area contributed by atoms with E-state index in [1.165, 1.54) is 24.4 Å². The van der Waals surface area contributed by atoms with E-state index in [0.717, 1.165) is 35.8 Å². The molecular formula is C24H28BrN3O4S. The monoisotopic (exact) mass is 533 g/mol. The van der Waals surface area contributed by atoms with Crippen LogP contribution in [0.1, 0.15) is 55.1 Å². The van der Waals surface area contributed by atoms with Crippen molar-refractivity contribution in [1.29, 1.82) is 0 Å². The quantitative estimate of drug-likeness (QED) is 0.581. The molecule has 0 atom stereocenters. The largest absolute Gasteiger partial charge is 0.488 e. The molecule has 0 unspecified atom stereocenters. The van der Waals surface area contributed by atoms with Crippen LogP contribution >= 0.6 is 15.9 Å². The van der Waals surface area contributed by atoms with Crippen LogP contribution < -0.4 is 4.74 Å². The number of ether oxygens (including phenoxy) is 1. The molecular weight excluding hydrogens is 506 g/mol. The van der Waals surface area contributed by atoms with E-state index in [4.69, 9.17) is 4.74 Å². The van der Waals surface area contributed by atoms with Gasteiger partial charge in [-0.05, 0) is 43.9 Å². The first-order valence-corrected chi connectivity index (χ1v) is 14.0. The number of imidazole rings is 1. The third-order valence-corrected chi connectivity index (χ3v) is 9.18. The zero-order chi connectivity index (χ0) is 23.0. The minimum absolute atomic E-state index is 0.000381. The molecule has 0 bridgehead atoms. The third-order valence-electron chi connectivity index (χ3n) is 6.91. The number of halogens is 1. The molecule has 3 aliphatic rings. The molecule has 1 aromatic carbocycles. The minimum atomic E-state index is -3.56. The number of likely N-dealkylation sites (tertiary alicyclic amines) is 1. The van der Waals surface area contributed by atoms with Gasteiger partial charge in [0.2, 0.25) is 5.91 Å². The number of carbonyl (C=O) groups excluding carboxylic acids is 1. The molecule has 3 aliphatic heterocycles. The second kappa shape index (κ2) is 9.25. The number of nitrogens with zero attached hydrogens (tertiary/aromatic N) is 3. The van der Waals surface area contributed by atoms with Crippen molar-refractivity contribution in [2.45, 2.75) is 51.0 Å². The summed E-state index contributed by atoms with van der Waals surface area (Å²) < 4.78 is 34.6. The van der Waals surface area contributed by atoms with E-state index in [1.807, 2.05) is 29.3 Å². The fraction of sp³-hybridized carbons (Fsp3) is 0.500. The third kappa shape index (κ3) is 4.75. The van der Waals surface area contributed by atoms with Gasteiger partial charge in [0.1, 0.15) is 18.2 Å². The van der Waals surface area contributed by atoms with E-state index in [-0.39, 0.29) is 29.6 Å². The predicted molar refractivity (Wildman–Crippen MR) is 130 cm³/mol. The van der Waals surface area contributed by atoms with Crippen molar-refractivity contribution < 1.29 is 17.9 Å². The lowest BCUT2D eigenvalue weighted by Crippen LogP contribution is -2.39. The number of benzene rings is 1. The number of carbonyl (C=O) groups is 1. The van der Waals surface area contributed by atoms with E-state index >= 15 is 0 Å². The smallest absolute Gasteiger partial charge is 0.223 e. The van der Waals surface area contributed by atoms with Crippen LogP contribution in [0, 0.1) is 0 Å². The summed E-state index contributed by atoms with van der Waals surface area (Å²) in [5.74, 6) is 1.98. The fourth-order valence-corrected chi connectivity index (χ4v) is 6.59. The maximum absolute atomic E-state index is 12.9. The van der Waals surface area contributed by atoms with Crippen LogP contribution in [0.4, 0.5) is 0 Å². The van der Waals surface area contributed by atoms with Crippen LogP contribution in [0.5, 0.6) is 5.75 Å². The maximum atomic E-state index is 12.9. The molecule has 0 saturated carbocycles. The number of aromatic nitrogens is 2. The Morgan fingerprint density at radius 3 is 2.82 bits per heavy atom. The van der Waals surface area contributed by atoms with Crippen molar-refractivity contribution in [1.82, 2.24) is 14.5 Å². The number of rotatable bonds is 5. The van der Waals surface area contributed by atoms with Crippen molar-refractivity contribution in [2.75, 3.05) is 25.4 Å². The van der Waals surface area contributed by atoms with Gasteiger partial charge in [-0.1, -0.05) is 22.0 Å². The molecule has 0 aliphatic carbocycles. The van der Waals surface area contributed by atoms with Gasteiger partial charge >= 0.3 is 0 Å². The normalized spacial score (nSPS) is 18.8. The molecule has 2 aromatic rings. The number of amides is 1. The number of aryl methyl sites for hydroxylation is 1. The summed E-state index contributed by atoms with van der Waals surface area (Å²) in [6.07, 6.45) is 8.93. The standard InChI is InChI=1S/C24H28BrN3O4S/c25-19-5-4-18-13-20(16-32-22(18)14-19)33(30,31)12-8-24(29)27-10-6-17(7-11-27)21-15-26-23-3-1-2-9-28(21)23/h4-5,13-15,17H,1-3,6-12,16H2. The maximum Gasteiger partial charge on any atom is 0.223 e. The van der Waals surface area contributed by atoms with Crippen LogP contribution in [0.2, 0.25) is 0 Å². The van der Waals surface area contributed by atoms with Gasteiger partial charge in [-0.15, -0.1) is 0 Å². The lowest BCUT2D eigenvalue weighted by molar-refractivity contribution is -0.131. The van der Waals surface area contributed by atoms with Gasteiger partial charge in [-0.2, -0.15) is 0 Å². The molecule has 176 valence electrons. The van der Waals surface area contributed by atoms with Crippen molar-refractivity contribution in [3.05, 3.63) is 50.9 Å². The van der Waals surface area contributed by atoms with E-state index in [0.29, 0.717) is 24.8 Å². The highest BCUT2D eigenvalue weighted by Gasteiger charge is 2.29. The van der Waals surface area contributed by atoms with Crippen LogP contribution in [0.15, 0.2) is 33.8 Å². The van der Waals surface area contributed by atoms with Gasteiger partial charge in [0, 0.05) is 60.3 Å². The van der Waals surface area contributed by atoms with Crippen LogP contribution in [0.25, 0.3) is 6.08 Å². The van der Waals surface area contributed by atoms with E-state index in [2.05, 4.69) is 25.5 Å². The molecule has 33 heavy (non-hydrogen) atoms. The van der Waals surface area contributed by atoms with Crippen molar-refractivity contribution in [2.24, 2.45) is 0 Å². The van der Waals surface area contributed by atoms with E-state index in [9.17, 15) is 13.2 Å². The summed E-state index contributed by atoms with van der Waals surface area (Å²) >= 11 is 3.39. The fourth-order valence-electron chi connectivity index (χ4n) is 5.00. The van der Waals surface area contributed by atoms with Crippen LogP contribution in [-0.2, 0) is 27.6 Å². The summed E-state index contributed by atoms with van der Waals surface area (Å²) in [5.41, 5.74) is 2.04. The van der Waals surface area contributed by atoms with E-state index in [1.54, 1.807) is 6.08 Å². The van der Waals surface area contributed by atoms with Gasteiger partial charge in [-0.3, -0.25) is 4.79 Å². The number of piperidine rings is 1. The average molecular weight is 534 g/mol.